The highest BCUT2D eigenvalue weighted by Gasteiger charge is 2.47. The Morgan fingerprint density at radius 1 is 1.24 bits per heavy atom. The zero-order valence-corrected chi connectivity index (χ0v) is 12.2. The first-order valence-electron chi connectivity index (χ1n) is 6.71. The van der Waals surface area contributed by atoms with E-state index in [1.807, 2.05) is 30.3 Å². The predicted octanol–water partition coefficient (Wildman–Crippen LogP) is 0.796. The maximum absolute atomic E-state index is 12.0. The van der Waals surface area contributed by atoms with Crippen LogP contribution in [-0.2, 0) is 20.8 Å². The summed E-state index contributed by atoms with van der Waals surface area (Å²) >= 11 is 0. The molecule has 1 aromatic carbocycles. The van der Waals surface area contributed by atoms with Crippen molar-refractivity contribution in [1.82, 2.24) is 4.90 Å². The van der Waals surface area contributed by atoms with Gasteiger partial charge in [0, 0.05) is 13.0 Å². The smallest absolute Gasteiger partial charge is 0.339 e. The zero-order chi connectivity index (χ0) is 16.0. The lowest BCUT2D eigenvalue weighted by Crippen LogP contribution is -2.62. The zero-order valence-electron chi connectivity index (χ0n) is 12.2. The number of hydrogen-bond acceptors (Lipinski definition) is 3. The number of primary amides is 1. The number of rotatable bonds is 7. The second-order valence-electron chi connectivity index (χ2n) is 4.88. The van der Waals surface area contributed by atoms with Crippen LogP contribution in [0.2, 0.25) is 0 Å². The molecule has 0 unspecified atom stereocenters. The molecule has 1 rings (SSSR count). The molecule has 0 radical (unpaired) electrons. The second kappa shape index (κ2) is 6.88. The Balaban J connectivity index is 3.03. The van der Waals surface area contributed by atoms with Crippen LogP contribution >= 0.6 is 0 Å². The number of benzene rings is 1. The fourth-order valence-electron chi connectivity index (χ4n) is 2.03. The van der Waals surface area contributed by atoms with E-state index in [0.717, 1.165) is 17.4 Å². The van der Waals surface area contributed by atoms with Crippen molar-refractivity contribution < 1.29 is 19.5 Å². The monoisotopic (exact) mass is 292 g/mol. The van der Waals surface area contributed by atoms with Crippen LogP contribution in [0.4, 0.5) is 0 Å². The fraction of sp³-hybridized carbons (Fsp3) is 0.400. The number of carboxylic acids is 1. The highest BCUT2D eigenvalue weighted by Crippen LogP contribution is 2.18. The topological polar surface area (TPSA) is 101 Å². The van der Waals surface area contributed by atoms with Gasteiger partial charge in [0.1, 0.15) is 0 Å². The van der Waals surface area contributed by atoms with Crippen LogP contribution in [0.5, 0.6) is 0 Å². The number of hydrogen-bond donors (Lipinski definition) is 2. The molecule has 6 heteroatoms. The summed E-state index contributed by atoms with van der Waals surface area (Å²) in [6.07, 6.45) is 0.549. The van der Waals surface area contributed by atoms with Crippen LogP contribution in [0.1, 0.15) is 25.8 Å². The Kier molecular flexibility index (Phi) is 5.46. The number of nitrogens with zero attached hydrogens (tertiary/aromatic N) is 1. The van der Waals surface area contributed by atoms with Crippen LogP contribution in [0.25, 0.3) is 0 Å². The van der Waals surface area contributed by atoms with E-state index < -0.39 is 23.3 Å². The van der Waals surface area contributed by atoms with Gasteiger partial charge in [-0.05, 0) is 18.9 Å². The summed E-state index contributed by atoms with van der Waals surface area (Å²) in [4.78, 5) is 36.1. The van der Waals surface area contributed by atoms with E-state index in [-0.39, 0.29) is 13.0 Å². The Bertz CT molecular complexity index is 514. The van der Waals surface area contributed by atoms with Crippen molar-refractivity contribution in [3.8, 4) is 0 Å². The van der Waals surface area contributed by atoms with E-state index in [0.29, 0.717) is 6.42 Å². The molecule has 0 saturated carbocycles. The molecule has 0 aliphatic rings. The number of aliphatic carboxylic acids is 1. The average molecular weight is 292 g/mol. The van der Waals surface area contributed by atoms with Gasteiger partial charge in [-0.15, -0.1) is 0 Å². The maximum atomic E-state index is 12.0. The molecule has 1 atom stereocenters. The molecule has 6 nitrogen and oxygen atoms in total. The quantitative estimate of drug-likeness (QED) is 0.726. The fourth-order valence-corrected chi connectivity index (χ4v) is 2.03. The number of amides is 2. The number of carbonyl (C=O) groups is 3. The molecule has 0 heterocycles. The van der Waals surface area contributed by atoms with Crippen LogP contribution in [0.3, 0.4) is 0 Å². The first-order valence-corrected chi connectivity index (χ1v) is 6.71. The Labute approximate surface area is 123 Å². The lowest BCUT2D eigenvalue weighted by atomic mass is 9.97. The molecule has 0 saturated heterocycles. The van der Waals surface area contributed by atoms with Gasteiger partial charge in [-0.3, -0.25) is 9.59 Å². The van der Waals surface area contributed by atoms with E-state index in [1.54, 1.807) is 6.92 Å². The first kappa shape index (κ1) is 16.7. The van der Waals surface area contributed by atoms with E-state index in [9.17, 15) is 19.5 Å². The third-order valence-electron chi connectivity index (χ3n) is 3.51. The number of carbonyl (C=O) groups excluding carboxylic acids is 2. The van der Waals surface area contributed by atoms with Crippen LogP contribution in [0, 0.1) is 0 Å². The summed E-state index contributed by atoms with van der Waals surface area (Å²) in [5.41, 5.74) is 4.13. The van der Waals surface area contributed by atoms with Gasteiger partial charge >= 0.3 is 5.97 Å². The van der Waals surface area contributed by atoms with Crippen molar-refractivity contribution in [2.45, 2.75) is 32.2 Å². The molecule has 21 heavy (non-hydrogen) atoms. The average Bonchev–Trinajstić information content (AvgIpc) is 2.47. The summed E-state index contributed by atoms with van der Waals surface area (Å²) in [6.45, 7) is 2.89. The molecule has 0 aromatic heterocycles. The highest BCUT2D eigenvalue weighted by atomic mass is 16.4. The van der Waals surface area contributed by atoms with Crippen molar-refractivity contribution in [2.24, 2.45) is 5.73 Å². The summed E-state index contributed by atoms with van der Waals surface area (Å²) in [7, 11) is 0. The minimum absolute atomic E-state index is 0.102. The van der Waals surface area contributed by atoms with Gasteiger partial charge in [-0.1, -0.05) is 37.3 Å². The molecule has 0 bridgehead atoms. The highest BCUT2D eigenvalue weighted by molar-refractivity contribution is 6.08. The van der Waals surface area contributed by atoms with Gasteiger partial charge in [-0.2, -0.15) is 0 Å². The molecule has 0 spiro atoms. The lowest BCUT2D eigenvalue weighted by molar-refractivity contribution is -0.163. The summed E-state index contributed by atoms with van der Waals surface area (Å²) < 4.78 is 0. The van der Waals surface area contributed by atoms with Gasteiger partial charge in [0.15, 0.2) is 0 Å². The minimum Gasteiger partial charge on any atom is -0.479 e. The Morgan fingerprint density at radius 3 is 2.24 bits per heavy atom. The van der Waals surface area contributed by atoms with Crippen molar-refractivity contribution in [1.29, 1.82) is 0 Å². The summed E-state index contributed by atoms with van der Waals surface area (Å²) in [5.74, 6) is -2.90. The van der Waals surface area contributed by atoms with Crippen molar-refractivity contribution >= 4 is 17.8 Å². The second-order valence-corrected chi connectivity index (χ2v) is 4.88. The lowest BCUT2D eigenvalue weighted by Gasteiger charge is -2.35. The summed E-state index contributed by atoms with van der Waals surface area (Å²) in [6, 6.07) is 9.31. The standard InChI is InChI=1S/C15H20N2O4/c1-3-12(18)17(15(2,13(16)19)14(20)21)10-9-11-7-5-4-6-8-11/h4-8H,3,9-10H2,1-2H3,(H2,16,19)(H,20,21)/t15-/m1/s1. The molecule has 0 aliphatic carbocycles. The van der Waals surface area contributed by atoms with Crippen LogP contribution < -0.4 is 5.73 Å². The Morgan fingerprint density at radius 2 is 1.81 bits per heavy atom. The minimum atomic E-state index is -2.04. The summed E-state index contributed by atoms with van der Waals surface area (Å²) in [5, 5.41) is 9.32. The van der Waals surface area contributed by atoms with Crippen molar-refractivity contribution in [3.63, 3.8) is 0 Å². The van der Waals surface area contributed by atoms with Gasteiger partial charge in [-0.25, -0.2) is 4.79 Å². The molecule has 1 aromatic rings. The van der Waals surface area contributed by atoms with Crippen LogP contribution in [-0.4, -0.2) is 39.9 Å². The molecule has 0 fully saturated rings. The SMILES string of the molecule is CCC(=O)N(CCc1ccccc1)[C@](C)(C(N)=O)C(=O)O. The van der Waals surface area contributed by atoms with Crippen molar-refractivity contribution in [2.75, 3.05) is 6.54 Å². The van der Waals surface area contributed by atoms with Crippen LogP contribution in [0.15, 0.2) is 30.3 Å². The largest absolute Gasteiger partial charge is 0.479 e. The molecular formula is C15H20N2O4. The molecule has 0 aliphatic heterocycles. The van der Waals surface area contributed by atoms with Crippen molar-refractivity contribution in [3.05, 3.63) is 35.9 Å². The van der Waals surface area contributed by atoms with Gasteiger partial charge in [0.25, 0.3) is 5.91 Å². The Hall–Kier alpha value is -2.37. The van der Waals surface area contributed by atoms with E-state index in [1.165, 1.54) is 0 Å². The van der Waals surface area contributed by atoms with E-state index >= 15 is 0 Å². The van der Waals surface area contributed by atoms with E-state index in [2.05, 4.69) is 0 Å². The van der Waals surface area contributed by atoms with E-state index in [4.69, 9.17) is 5.73 Å². The van der Waals surface area contributed by atoms with Gasteiger partial charge in [0.2, 0.25) is 11.4 Å². The maximum Gasteiger partial charge on any atom is 0.339 e. The van der Waals surface area contributed by atoms with Gasteiger partial charge < -0.3 is 15.7 Å². The van der Waals surface area contributed by atoms with Gasteiger partial charge in [0.05, 0.1) is 0 Å². The number of carboxylic acid groups (broad SMARTS) is 1. The third kappa shape index (κ3) is 3.59. The predicted molar refractivity (Wildman–Crippen MR) is 77.4 cm³/mol. The first-order chi connectivity index (χ1) is 9.83. The normalized spacial score (nSPS) is 13.2. The molecular weight excluding hydrogens is 272 g/mol. The molecule has 114 valence electrons. The molecule has 2 amide bonds. The third-order valence-corrected chi connectivity index (χ3v) is 3.51. The molecule has 3 N–H and O–H groups in total. The number of nitrogens with two attached hydrogens (primary N) is 1.